The maximum Gasteiger partial charge on any atom is 0.134 e. The number of aryl methyl sites for hydroxylation is 1. The average molecular weight is 352 g/mol. The lowest BCUT2D eigenvalue weighted by molar-refractivity contribution is 0.149. The van der Waals surface area contributed by atoms with Gasteiger partial charge in [-0.2, -0.15) is 0 Å². The van der Waals surface area contributed by atoms with Gasteiger partial charge in [0.25, 0.3) is 0 Å². The van der Waals surface area contributed by atoms with Crippen LogP contribution in [0.4, 0.5) is 5.82 Å². The molecule has 0 radical (unpaired) electrons. The molecule has 0 saturated carbocycles. The minimum absolute atomic E-state index is 0.575. The Hall–Kier alpha value is -2.14. The van der Waals surface area contributed by atoms with Crippen molar-refractivity contribution in [1.29, 1.82) is 0 Å². The van der Waals surface area contributed by atoms with Crippen molar-refractivity contribution in [3.63, 3.8) is 0 Å². The van der Waals surface area contributed by atoms with E-state index >= 15 is 0 Å². The summed E-state index contributed by atoms with van der Waals surface area (Å²) in [4.78, 5) is 11.3. The first-order chi connectivity index (χ1) is 12.7. The van der Waals surface area contributed by atoms with Gasteiger partial charge in [0.2, 0.25) is 0 Å². The van der Waals surface area contributed by atoms with Crippen LogP contribution in [0.3, 0.4) is 0 Å². The van der Waals surface area contributed by atoms with Gasteiger partial charge < -0.3 is 14.2 Å². The molecule has 2 aliphatic rings. The molecule has 0 spiro atoms. The number of pyridine rings is 1. The van der Waals surface area contributed by atoms with Gasteiger partial charge in [-0.3, -0.25) is 0 Å². The molecule has 3 heterocycles. The minimum Gasteiger partial charge on any atom is -0.377 e. The molecular weight excluding hydrogens is 324 g/mol. The fraction of sp³-hybridized carbons (Fsp3) is 0.524. The van der Waals surface area contributed by atoms with Crippen LogP contribution in [0.25, 0.3) is 11.0 Å². The van der Waals surface area contributed by atoms with Crippen LogP contribution in [-0.2, 0) is 11.8 Å². The molecule has 0 saturated heterocycles. The molecule has 5 heteroatoms. The van der Waals surface area contributed by atoms with Crippen LogP contribution in [0.5, 0.6) is 0 Å². The molecule has 0 fully saturated rings. The standard InChI is InChI=1S/C21H28N4O/c1-4-15-11-17(16-7-9-26-10-8-16)5-6-19(15)25(3)21-12-20-18(13-22-21)23-14-24(20)2/h6-7,12-15,17H,4-5,8-11H2,1-3H3. The average Bonchev–Trinajstić information content (AvgIpc) is 3.08. The van der Waals surface area contributed by atoms with Crippen LogP contribution in [0.2, 0.25) is 0 Å². The summed E-state index contributed by atoms with van der Waals surface area (Å²) in [5.41, 5.74) is 5.07. The van der Waals surface area contributed by atoms with Gasteiger partial charge in [0.1, 0.15) is 11.3 Å². The van der Waals surface area contributed by atoms with E-state index in [-0.39, 0.29) is 0 Å². The molecule has 1 aliphatic heterocycles. The summed E-state index contributed by atoms with van der Waals surface area (Å²) in [5, 5.41) is 0. The molecule has 0 N–H and O–H groups in total. The Labute approximate surface area is 155 Å². The zero-order chi connectivity index (χ0) is 18.1. The van der Waals surface area contributed by atoms with Crippen LogP contribution in [0, 0.1) is 11.8 Å². The second-order valence-corrected chi connectivity index (χ2v) is 7.45. The number of allylic oxidation sites excluding steroid dienone is 2. The number of fused-ring (bicyclic) bond motifs is 1. The number of rotatable bonds is 4. The van der Waals surface area contributed by atoms with Crippen molar-refractivity contribution in [2.45, 2.75) is 32.6 Å². The van der Waals surface area contributed by atoms with Gasteiger partial charge >= 0.3 is 0 Å². The van der Waals surface area contributed by atoms with Gasteiger partial charge in [0, 0.05) is 25.9 Å². The van der Waals surface area contributed by atoms with Crippen LogP contribution in [0.15, 0.2) is 42.0 Å². The van der Waals surface area contributed by atoms with E-state index < -0.39 is 0 Å². The molecule has 0 amide bonds. The largest absolute Gasteiger partial charge is 0.377 e. The summed E-state index contributed by atoms with van der Waals surface area (Å²) in [5.74, 6) is 2.24. The lowest BCUT2D eigenvalue weighted by atomic mass is 9.77. The van der Waals surface area contributed by atoms with Crippen LogP contribution in [-0.4, -0.2) is 34.8 Å². The zero-order valence-corrected chi connectivity index (χ0v) is 16.0. The molecule has 2 atom stereocenters. The Balaban J connectivity index is 1.59. The van der Waals surface area contributed by atoms with Crippen molar-refractivity contribution >= 4 is 16.9 Å². The zero-order valence-electron chi connectivity index (χ0n) is 16.0. The van der Waals surface area contributed by atoms with E-state index in [1.165, 1.54) is 12.1 Å². The molecule has 26 heavy (non-hydrogen) atoms. The number of nitrogens with zero attached hydrogens (tertiary/aromatic N) is 4. The smallest absolute Gasteiger partial charge is 0.134 e. The third-order valence-corrected chi connectivity index (χ3v) is 5.94. The van der Waals surface area contributed by atoms with Crippen molar-refractivity contribution in [3.05, 3.63) is 42.0 Å². The monoisotopic (exact) mass is 352 g/mol. The number of hydrogen-bond acceptors (Lipinski definition) is 4. The normalized spacial score (nSPS) is 23.7. The van der Waals surface area contributed by atoms with Gasteiger partial charge in [-0.15, -0.1) is 0 Å². The maximum absolute atomic E-state index is 5.48. The highest BCUT2D eigenvalue weighted by Gasteiger charge is 2.28. The van der Waals surface area contributed by atoms with E-state index in [9.17, 15) is 0 Å². The Morgan fingerprint density at radius 1 is 1.31 bits per heavy atom. The number of ether oxygens (including phenoxy) is 1. The lowest BCUT2D eigenvalue weighted by Crippen LogP contribution is -2.29. The van der Waals surface area contributed by atoms with Gasteiger partial charge in [-0.25, -0.2) is 9.97 Å². The van der Waals surface area contributed by atoms with Gasteiger partial charge in [0.15, 0.2) is 0 Å². The number of imidazole rings is 1. The van der Waals surface area contributed by atoms with Crippen LogP contribution >= 0.6 is 0 Å². The van der Waals surface area contributed by atoms with Gasteiger partial charge in [-0.1, -0.05) is 24.6 Å². The third kappa shape index (κ3) is 3.16. The predicted octanol–water partition coefficient (Wildman–Crippen LogP) is 4.07. The first-order valence-corrected chi connectivity index (χ1v) is 9.65. The van der Waals surface area contributed by atoms with E-state index in [1.54, 1.807) is 5.57 Å². The van der Waals surface area contributed by atoms with Crippen molar-refractivity contribution in [1.82, 2.24) is 14.5 Å². The maximum atomic E-state index is 5.48. The number of anilines is 1. The van der Waals surface area contributed by atoms with Crippen molar-refractivity contribution in [2.75, 3.05) is 25.2 Å². The van der Waals surface area contributed by atoms with Crippen molar-refractivity contribution < 1.29 is 4.74 Å². The highest BCUT2D eigenvalue weighted by Crippen LogP contribution is 2.39. The molecular formula is C21H28N4O. The molecule has 0 aromatic carbocycles. The summed E-state index contributed by atoms with van der Waals surface area (Å²) >= 11 is 0. The number of aromatic nitrogens is 3. The van der Waals surface area contributed by atoms with Crippen molar-refractivity contribution in [3.8, 4) is 0 Å². The molecule has 0 bridgehead atoms. The lowest BCUT2D eigenvalue weighted by Gasteiger charge is -2.36. The first kappa shape index (κ1) is 17.3. The predicted molar refractivity (Wildman–Crippen MR) is 105 cm³/mol. The molecule has 1 aliphatic carbocycles. The van der Waals surface area contributed by atoms with Crippen LogP contribution in [0.1, 0.15) is 32.6 Å². The molecule has 2 aromatic heterocycles. The second-order valence-electron chi connectivity index (χ2n) is 7.45. The summed E-state index contributed by atoms with van der Waals surface area (Å²) in [7, 11) is 4.17. The molecule has 2 aromatic rings. The van der Waals surface area contributed by atoms with E-state index in [4.69, 9.17) is 4.74 Å². The summed E-state index contributed by atoms with van der Waals surface area (Å²) in [6.45, 7) is 3.96. The highest BCUT2D eigenvalue weighted by molar-refractivity contribution is 5.77. The van der Waals surface area contributed by atoms with Crippen LogP contribution < -0.4 is 4.90 Å². The molecule has 2 unspecified atom stereocenters. The molecule has 138 valence electrons. The Kier molecular flexibility index (Phi) is 4.81. The Bertz CT molecular complexity index is 851. The molecule has 5 nitrogen and oxygen atoms in total. The van der Waals surface area contributed by atoms with Gasteiger partial charge in [0.05, 0.1) is 31.3 Å². The fourth-order valence-corrected chi connectivity index (χ4v) is 4.33. The van der Waals surface area contributed by atoms with E-state index in [2.05, 4.69) is 51.6 Å². The second kappa shape index (κ2) is 7.23. The quantitative estimate of drug-likeness (QED) is 0.778. The van der Waals surface area contributed by atoms with E-state index in [1.807, 2.05) is 19.6 Å². The number of hydrogen-bond donors (Lipinski definition) is 0. The Morgan fingerprint density at radius 2 is 2.19 bits per heavy atom. The topological polar surface area (TPSA) is 43.2 Å². The van der Waals surface area contributed by atoms with Gasteiger partial charge in [-0.05, 0) is 37.5 Å². The summed E-state index contributed by atoms with van der Waals surface area (Å²) < 4.78 is 7.53. The Morgan fingerprint density at radius 3 is 2.96 bits per heavy atom. The van der Waals surface area contributed by atoms with E-state index in [0.29, 0.717) is 11.8 Å². The minimum atomic E-state index is 0.575. The van der Waals surface area contributed by atoms with E-state index in [0.717, 1.165) is 49.3 Å². The third-order valence-electron chi connectivity index (χ3n) is 5.94. The molecule has 4 rings (SSSR count). The SMILES string of the molecule is CCC1CC(C2=CCOCC2)CC=C1N(C)c1cc2c(cn1)ncn2C. The summed E-state index contributed by atoms with van der Waals surface area (Å²) in [6.07, 6.45) is 13.1. The van der Waals surface area contributed by atoms with Crippen molar-refractivity contribution in [2.24, 2.45) is 18.9 Å². The summed E-state index contributed by atoms with van der Waals surface area (Å²) in [6, 6.07) is 2.14. The highest BCUT2D eigenvalue weighted by atomic mass is 16.5. The first-order valence-electron chi connectivity index (χ1n) is 9.65. The fourth-order valence-electron chi connectivity index (χ4n) is 4.33.